The van der Waals surface area contributed by atoms with Crippen LogP contribution in [-0.4, -0.2) is 50.1 Å². The summed E-state index contributed by atoms with van der Waals surface area (Å²) in [4.78, 5) is 23.7. The summed E-state index contributed by atoms with van der Waals surface area (Å²) in [7, 11) is 0. The molecule has 3 N–H and O–H groups in total. The number of guanidine groups is 1. The summed E-state index contributed by atoms with van der Waals surface area (Å²) in [6, 6.07) is 15.6. The van der Waals surface area contributed by atoms with Crippen LogP contribution in [0.5, 0.6) is 5.75 Å². The fourth-order valence-electron chi connectivity index (χ4n) is 4.13. The Hall–Kier alpha value is -4.24. The number of benzene rings is 3. The molecule has 0 spiro atoms. The van der Waals surface area contributed by atoms with E-state index in [1.165, 1.54) is 18.2 Å². The maximum Gasteiger partial charge on any atom is 0.255 e. The number of anilines is 2. The third-order valence-electron chi connectivity index (χ3n) is 6.13. The molecule has 8 nitrogen and oxygen atoms in total. The van der Waals surface area contributed by atoms with Gasteiger partial charge in [0.25, 0.3) is 5.91 Å². The Labute approximate surface area is 214 Å². The molecule has 190 valence electrons. The van der Waals surface area contributed by atoms with Crippen molar-refractivity contribution in [3.63, 3.8) is 0 Å². The SMILES string of the molecule is C=CC(=NC(N)=NC1CC1)Oc1ccc(NC(=O)c2cc(F)cc(N3CCOCC3)c2)c2ccccc12. The number of amides is 1. The van der Waals surface area contributed by atoms with Gasteiger partial charge in [-0.25, -0.2) is 9.38 Å². The van der Waals surface area contributed by atoms with E-state index in [0.29, 0.717) is 43.4 Å². The molecule has 0 atom stereocenters. The van der Waals surface area contributed by atoms with E-state index in [-0.39, 0.29) is 23.5 Å². The van der Waals surface area contributed by atoms with Crippen molar-refractivity contribution in [2.75, 3.05) is 36.5 Å². The standard InChI is InChI=1S/C28H28FN5O3/c1-2-26(33-28(30)31-20-7-8-20)37-25-10-9-24(22-5-3-4-6-23(22)25)32-27(35)18-15-19(29)17-21(16-18)34-11-13-36-14-12-34/h2-6,9-10,15-17,20H,1,7-8,11-14H2,(H2,30,31)(H,32,35). The number of carbonyl (C=O) groups is 1. The first-order chi connectivity index (χ1) is 18.0. The van der Waals surface area contributed by atoms with E-state index in [0.717, 1.165) is 23.6 Å². The zero-order valence-electron chi connectivity index (χ0n) is 20.3. The summed E-state index contributed by atoms with van der Waals surface area (Å²) in [5.41, 5.74) is 7.37. The molecule has 2 aliphatic rings. The van der Waals surface area contributed by atoms with Crippen molar-refractivity contribution in [3.8, 4) is 5.75 Å². The van der Waals surface area contributed by atoms with Crippen molar-refractivity contribution in [2.24, 2.45) is 15.7 Å². The lowest BCUT2D eigenvalue weighted by Gasteiger charge is -2.29. The summed E-state index contributed by atoms with van der Waals surface area (Å²) < 4.78 is 25.8. The molecule has 1 aliphatic carbocycles. The van der Waals surface area contributed by atoms with Gasteiger partial charge in [0.1, 0.15) is 11.6 Å². The Balaban J connectivity index is 1.40. The molecule has 5 rings (SSSR count). The number of aliphatic imine (C=N–C) groups is 2. The lowest BCUT2D eigenvalue weighted by molar-refractivity contribution is 0.102. The van der Waals surface area contributed by atoms with Gasteiger partial charge in [-0.3, -0.25) is 4.79 Å². The van der Waals surface area contributed by atoms with Crippen LogP contribution >= 0.6 is 0 Å². The molecule has 1 amide bonds. The van der Waals surface area contributed by atoms with Crippen LogP contribution < -0.4 is 20.7 Å². The number of halogens is 1. The Morgan fingerprint density at radius 2 is 1.89 bits per heavy atom. The molecule has 1 saturated carbocycles. The van der Waals surface area contributed by atoms with Gasteiger partial charge in [-0.15, -0.1) is 0 Å². The van der Waals surface area contributed by atoms with Crippen molar-refractivity contribution in [2.45, 2.75) is 18.9 Å². The third kappa shape index (κ3) is 5.95. The zero-order valence-corrected chi connectivity index (χ0v) is 20.3. The first-order valence-corrected chi connectivity index (χ1v) is 12.2. The van der Waals surface area contributed by atoms with Crippen molar-refractivity contribution in [1.29, 1.82) is 0 Å². The number of nitrogens with one attached hydrogen (secondary N) is 1. The van der Waals surface area contributed by atoms with E-state index >= 15 is 0 Å². The Kier molecular flexibility index (Phi) is 7.14. The molecule has 0 unspecified atom stereocenters. The molecule has 9 heteroatoms. The van der Waals surface area contributed by atoms with E-state index in [1.807, 2.05) is 29.2 Å². The van der Waals surface area contributed by atoms with Crippen molar-refractivity contribution in [1.82, 2.24) is 0 Å². The maximum absolute atomic E-state index is 14.4. The number of nitrogens with zero attached hydrogens (tertiary/aromatic N) is 3. The average Bonchev–Trinajstić information content (AvgIpc) is 3.73. The number of nitrogens with two attached hydrogens (primary N) is 1. The lowest BCUT2D eigenvalue weighted by atomic mass is 10.1. The normalized spacial score (nSPS) is 16.5. The van der Waals surface area contributed by atoms with Gasteiger partial charge in [-0.05, 0) is 49.2 Å². The molecule has 37 heavy (non-hydrogen) atoms. The zero-order chi connectivity index (χ0) is 25.8. The lowest BCUT2D eigenvalue weighted by Crippen LogP contribution is -2.36. The second-order valence-corrected chi connectivity index (χ2v) is 8.88. The highest BCUT2D eigenvalue weighted by atomic mass is 19.1. The summed E-state index contributed by atoms with van der Waals surface area (Å²) in [6.45, 7) is 6.18. The van der Waals surface area contributed by atoms with Crippen LogP contribution in [0.3, 0.4) is 0 Å². The molecule has 1 aliphatic heterocycles. The largest absolute Gasteiger partial charge is 0.438 e. The van der Waals surface area contributed by atoms with Gasteiger partial charge in [-0.1, -0.05) is 30.8 Å². The predicted molar refractivity (Wildman–Crippen MR) is 144 cm³/mol. The number of hydrogen-bond donors (Lipinski definition) is 2. The van der Waals surface area contributed by atoms with Crippen LogP contribution in [0.4, 0.5) is 15.8 Å². The minimum Gasteiger partial charge on any atom is -0.438 e. The molecule has 3 aromatic rings. The van der Waals surface area contributed by atoms with Crippen molar-refractivity contribution in [3.05, 3.63) is 78.6 Å². The van der Waals surface area contributed by atoms with Crippen LogP contribution in [0.1, 0.15) is 23.2 Å². The minimum atomic E-state index is -0.469. The first-order valence-electron chi connectivity index (χ1n) is 12.2. The van der Waals surface area contributed by atoms with E-state index < -0.39 is 11.7 Å². The van der Waals surface area contributed by atoms with Gasteiger partial charge in [0.05, 0.1) is 19.3 Å². The second kappa shape index (κ2) is 10.8. The highest BCUT2D eigenvalue weighted by Gasteiger charge is 2.21. The smallest absolute Gasteiger partial charge is 0.255 e. The Bertz CT molecular complexity index is 1390. The van der Waals surface area contributed by atoms with E-state index in [4.69, 9.17) is 15.2 Å². The van der Waals surface area contributed by atoms with Crippen molar-refractivity contribution >= 4 is 39.9 Å². The molecule has 0 aromatic heterocycles. The predicted octanol–water partition coefficient (Wildman–Crippen LogP) is 4.51. The van der Waals surface area contributed by atoms with Gasteiger partial charge < -0.3 is 25.4 Å². The summed E-state index contributed by atoms with van der Waals surface area (Å²) >= 11 is 0. The van der Waals surface area contributed by atoms with E-state index in [9.17, 15) is 9.18 Å². The topological polar surface area (TPSA) is 102 Å². The third-order valence-corrected chi connectivity index (χ3v) is 6.13. The van der Waals surface area contributed by atoms with Gasteiger partial charge >= 0.3 is 0 Å². The van der Waals surface area contributed by atoms with Crippen LogP contribution in [0.2, 0.25) is 0 Å². The van der Waals surface area contributed by atoms with Gasteiger partial charge in [-0.2, -0.15) is 4.99 Å². The summed E-state index contributed by atoms with van der Waals surface area (Å²) in [5, 5.41) is 4.42. The highest BCUT2D eigenvalue weighted by molar-refractivity contribution is 6.11. The fourth-order valence-corrected chi connectivity index (χ4v) is 4.13. The van der Waals surface area contributed by atoms with Crippen LogP contribution in [0.15, 0.2) is 77.2 Å². The monoisotopic (exact) mass is 501 g/mol. The van der Waals surface area contributed by atoms with Crippen LogP contribution in [0.25, 0.3) is 10.8 Å². The number of fused-ring (bicyclic) bond motifs is 1. The average molecular weight is 502 g/mol. The van der Waals surface area contributed by atoms with Gasteiger partial charge in [0.15, 0.2) is 0 Å². The molecular weight excluding hydrogens is 473 g/mol. The van der Waals surface area contributed by atoms with Gasteiger partial charge in [0.2, 0.25) is 11.9 Å². The fraction of sp³-hybridized carbons (Fsp3) is 0.250. The first kappa shape index (κ1) is 24.5. The number of carbonyl (C=O) groups excluding carboxylic acids is 1. The molecule has 1 heterocycles. The molecule has 0 radical (unpaired) electrons. The highest BCUT2D eigenvalue weighted by Crippen LogP contribution is 2.32. The molecule has 0 bridgehead atoms. The number of rotatable bonds is 6. The van der Waals surface area contributed by atoms with E-state index in [1.54, 1.807) is 18.2 Å². The molecule has 1 saturated heterocycles. The number of ether oxygens (including phenoxy) is 2. The molecular formula is C28H28FN5O3. The minimum absolute atomic E-state index is 0.150. The second-order valence-electron chi connectivity index (χ2n) is 8.88. The Morgan fingerprint density at radius 1 is 1.14 bits per heavy atom. The number of hydrogen-bond acceptors (Lipinski definition) is 5. The quantitative estimate of drug-likeness (QED) is 0.382. The van der Waals surface area contributed by atoms with Gasteiger partial charge in [0, 0.05) is 40.8 Å². The van der Waals surface area contributed by atoms with Crippen LogP contribution in [-0.2, 0) is 4.74 Å². The summed E-state index contributed by atoms with van der Waals surface area (Å²) in [6.07, 6.45) is 3.50. The van der Waals surface area contributed by atoms with Crippen LogP contribution in [0, 0.1) is 5.82 Å². The number of morpholine rings is 1. The molecule has 3 aromatic carbocycles. The van der Waals surface area contributed by atoms with E-state index in [2.05, 4.69) is 21.9 Å². The summed E-state index contributed by atoms with van der Waals surface area (Å²) in [5.74, 6) is 0.0110. The van der Waals surface area contributed by atoms with Crippen molar-refractivity contribution < 1.29 is 18.7 Å². The molecule has 2 fully saturated rings. The Morgan fingerprint density at radius 3 is 2.62 bits per heavy atom. The maximum atomic E-state index is 14.4.